The number of methoxy groups -OCH3 is 1. The number of piperidine rings is 1. The summed E-state index contributed by atoms with van der Waals surface area (Å²) in [7, 11) is 3.35. The van der Waals surface area contributed by atoms with Crippen molar-refractivity contribution in [2.75, 3.05) is 26.8 Å². The van der Waals surface area contributed by atoms with Gasteiger partial charge < -0.3 is 18.8 Å². The second-order valence-corrected chi connectivity index (χ2v) is 7.38. The standard InChI is InChI=1S/C21H25N5O3/c1-24-17-8-4-3-7-16(17)23-18(20(24)27)21(28)26-10-5-6-15(14-26)19-22-9-11-25(19)12-13-29-2/h3-4,7-9,11,15H,5-6,10,12-14H2,1-2H3. The van der Waals surface area contributed by atoms with Crippen molar-refractivity contribution in [1.29, 1.82) is 0 Å². The molecular weight excluding hydrogens is 370 g/mol. The van der Waals surface area contributed by atoms with Gasteiger partial charge in [-0.15, -0.1) is 0 Å². The van der Waals surface area contributed by atoms with E-state index in [0.29, 0.717) is 30.7 Å². The van der Waals surface area contributed by atoms with Crippen LogP contribution in [0.5, 0.6) is 0 Å². The van der Waals surface area contributed by atoms with Crippen LogP contribution in [0.2, 0.25) is 0 Å². The van der Waals surface area contributed by atoms with E-state index in [4.69, 9.17) is 4.74 Å². The van der Waals surface area contributed by atoms with Gasteiger partial charge in [-0.3, -0.25) is 9.59 Å². The third-order valence-electron chi connectivity index (χ3n) is 5.54. The van der Waals surface area contributed by atoms with Crippen molar-refractivity contribution in [3.05, 3.63) is 58.5 Å². The second kappa shape index (κ2) is 8.16. The number of likely N-dealkylation sites (tertiary alicyclic amines) is 1. The lowest BCUT2D eigenvalue weighted by atomic mass is 9.96. The van der Waals surface area contributed by atoms with Crippen molar-refractivity contribution in [1.82, 2.24) is 24.0 Å². The molecular formula is C21H25N5O3. The summed E-state index contributed by atoms with van der Waals surface area (Å²) in [5.74, 6) is 0.777. The Morgan fingerprint density at radius 3 is 2.97 bits per heavy atom. The fourth-order valence-electron chi connectivity index (χ4n) is 4.00. The first-order valence-electron chi connectivity index (χ1n) is 9.85. The summed E-state index contributed by atoms with van der Waals surface area (Å²) in [5, 5.41) is 0. The number of aromatic nitrogens is 4. The monoisotopic (exact) mass is 395 g/mol. The molecule has 1 aliphatic rings. The van der Waals surface area contributed by atoms with Gasteiger partial charge in [-0.1, -0.05) is 12.1 Å². The van der Waals surface area contributed by atoms with E-state index >= 15 is 0 Å². The molecule has 4 rings (SSSR count). The minimum absolute atomic E-state index is 0.0189. The van der Waals surface area contributed by atoms with E-state index in [9.17, 15) is 9.59 Å². The molecule has 0 N–H and O–H groups in total. The fraction of sp³-hybridized carbons (Fsp3) is 0.429. The molecule has 1 fully saturated rings. The average molecular weight is 395 g/mol. The second-order valence-electron chi connectivity index (χ2n) is 7.38. The molecule has 1 amide bonds. The molecule has 0 spiro atoms. The number of amides is 1. The zero-order chi connectivity index (χ0) is 20.4. The van der Waals surface area contributed by atoms with Gasteiger partial charge >= 0.3 is 0 Å². The van der Waals surface area contributed by atoms with Crippen molar-refractivity contribution >= 4 is 16.9 Å². The predicted octanol–water partition coefficient (Wildman–Crippen LogP) is 1.80. The highest BCUT2D eigenvalue weighted by Crippen LogP contribution is 2.26. The van der Waals surface area contributed by atoms with E-state index in [1.54, 1.807) is 25.3 Å². The van der Waals surface area contributed by atoms with Crippen LogP contribution in [0.3, 0.4) is 0 Å². The highest BCUT2D eigenvalue weighted by Gasteiger charge is 2.30. The third kappa shape index (κ3) is 3.67. The van der Waals surface area contributed by atoms with E-state index < -0.39 is 0 Å². The minimum atomic E-state index is -0.364. The number of hydrogen-bond donors (Lipinski definition) is 0. The van der Waals surface area contributed by atoms with Gasteiger partial charge in [0.15, 0.2) is 5.69 Å². The summed E-state index contributed by atoms with van der Waals surface area (Å²) in [5.41, 5.74) is 0.972. The number of hydrogen-bond acceptors (Lipinski definition) is 5. The quantitative estimate of drug-likeness (QED) is 0.658. The van der Waals surface area contributed by atoms with Crippen LogP contribution in [0.1, 0.15) is 35.1 Å². The van der Waals surface area contributed by atoms with Gasteiger partial charge in [-0.25, -0.2) is 9.97 Å². The topological polar surface area (TPSA) is 82.2 Å². The van der Waals surface area contributed by atoms with Crippen molar-refractivity contribution < 1.29 is 9.53 Å². The number of aryl methyl sites for hydroxylation is 1. The summed E-state index contributed by atoms with van der Waals surface area (Å²) in [6, 6.07) is 7.35. The van der Waals surface area contributed by atoms with E-state index in [0.717, 1.165) is 25.2 Å². The van der Waals surface area contributed by atoms with Gasteiger partial charge in [-0.2, -0.15) is 0 Å². The number of ether oxygens (including phenoxy) is 1. The molecule has 8 heteroatoms. The van der Waals surface area contributed by atoms with Crippen molar-refractivity contribution in [2.24, 2.45) is 7.05 Å². The number of rotatable bonds is 5. The first-order valence-corrected chi connectivity index (χ1v) is 9.85. The molecule has 8 nitrogen and oxygen atoms in total. The van der Waals surface area contributed by atoms with Crippen molar-refractivity contribution in [3.8, 4) is 0 Å². The molecule has 1 aromatic carbocycles. The Morgan fingerprint density at radius 1 is 1.31 bits per heavy atom. The SMILES string of the molecule is COCCn1ccnc1C1CCCN(C(=O)c2nc3ccccc3n(C)c2=O)C1. The van der Waals surface area contributed by atoms with Crippen molar-refractivity contribution in [2.45, 2.75) is 25.3 Å². The predicted molar refractivity (Wildman–Crippen MR) is 109 cm³/mol. The smallest absolute Gasteiger partial charge is 0.282 e. The number of carbonyl (C=O) groups excluding carboxylic acids is 1. The molecule has 0 bridgehead atoms. The number of benzene rings is 1. The number of fused-ring (bicyclic) bond motifs is 1. The molecule has 2 aromatic heterocycles. The van der Waals surface area contributed by atoms with Gasteiger partial charge in [0.2, 0.25) is 0 Å². The van der Waals surface area contributed by atoms with Gasteiger partial charge in [0.1, 0.15) is 5.82 Å². The first kappa shape index (κ1) is 19.3. The molecule has 3 heterocycles. The zero-order valence-corrected chi connectivity index (χ0v) is 16.7. The van der Waals surface area contributed by atoms with Crippen LogP contribution >= 0.6 is 0 Å². The molecule has 0 aliphatic carbocycles. The van der Waals surface area contributed by atoms with Gasteiger partial charge in [0.05, 0.1) is 17.6 Å². The summed E-state index contributed by atoms with van der Waals surface area (Å²) in [4.78, 5) is 36.6. The molecule has 1 saturated heterocycles. The minimum Gasteiger partial charge on any atom is -0.383 e. The summed E-state index contributed by atoms with van der Waals surface area (Å²) >= 11 is 0. The van der Waals surface area contributed by atoms with E-state index in [-0.39, 0.29) is 23.1 Å². The lowest BCUT2D eigenvalue weighted by Gasteiger charge is -2.32. The Morgan fingerprint density at radius 2 is 2.14 bits per heavy atom. The van der Waals surface area contributed by atoms with Crippen LogP contribution in [0.15, 0.2) is 41.5 Å². The van der Waals surface area contributed by atoms with Crippen LogP contribution in [-0.2, 0) is 18.3 Å². The van der Waals surface area contributed by atoms with Crippen molar-refractivity contribution in [3.63, 3.8) is 0 Å². The van der Waals surface area contributed by atoms with E-state index in [2.05, 4.69) is 14.5 Å². The van der Waals surface area contributed by atoms with E-state index in [1.807, 2.05) is 30.5 Å². The van der Waals surface area contributed by atoms with Crippen LogP contribution in [0.4, 0.5) is 0 Å². The highest BCUT2D eigenvalue weighted by molar-refractivity contribution is 5.94. The lowest BCUT2D eigenvalue weighted by molar-refractivity contribution is 0.0694. The van der Waals surface area contributed by atoms with Gasteiger partial charge in [0, 0.05) is 52.1 Å². The maximum atomic E-state index is 13.2. The Bertz CT molecular complexity index is 1090. The van der Waals surface area contributed by atoms with Gasteiger partial charge in [0.25, 0.3) is 11.5 Å². The largest absolute Gasteiger partial charge is 0.383 e. The van der Waals surface area contributed by atoms with Crippen LogP contribution in [0, 0.1) is 0 Å². The molecule has 3 aromatic rings. The first-order chi connectivity index (χ1) is 14.1. The molecule has 0 saturated carbocycles. The molecule has 1 atom stereocenters. The molecule has 0 radical (unpaired) electrons. The number of nitrogens with zero attached hydrogens (tertiary/aromatic N) is 5. The summed E-state index contributed by atoms with van der Waals surface area (Å²) in [6.45, 7) is 2.48. The molecule has 1 unspecified atom stereocenters. The Labute approximate surface area is 168 Å². The summed E-state index contributed by atoms with van der Waals surface area (Å²) in [6.07, 6.45) is 5.54. The fourth-order valence-corrected chi connectivity index (χ4v) is 4.00. The van der Waals surface area contributed by atoms with Crippen LogP contribution < -0.4 is 5.56 Å². The van der Waals surface area contributed by atoms with Crippen LogP contribution in [0.25, 0.3) is 11.0 Å². The number of para-hydroxylation sites is 2. The van der Waals surface area contributed by atoms with E-state index in [1.165, 1.54) is 4.57 Å². The molecule has 1 aliphatic heterocycles. The normalized spacial score (nSPS) is 17.0. The highest BCUT2D eigenvalue weighted by atomic mass is 16.5. The Hall–Kier alpha value is -3.00. The number of imidazole rings is 1. The maximum absolute atomic E-state index is 13.2. The Balaban J connectivity index is 1.60. The lowest BCUT2D eigenvalue weighted by Crippen LogP contribution is -2.43. The molecule has 29 heavy (non-hydrogen) atoms. The van der Waals surface area contributed by atoms with Gasteiger partial charge in [-0.05, 0) is 25.0 Å². The van der Waals surface area contributed by atoms with Crippen LogP contribution in [-0.4, -0.2) is 56.7 Å². The Kier molecular flexibility index (Phi) is 5.44. The average Bonchev–Trinajstić information content (AvgIpc) is 3.23. The maximum Gasteiger partial charge on any atom is 0.282 e. The third-order valence-corrected chi connectivity index (χ3v) is 5.54. The summed E-state index contributed by atoms with van der Waals surface area (Å²) < 4.78 is 8.75. The number of carbonyl (C=O) groups is 1. The molecule has 152 valence electrons. The zero-order valence-electron chi connectivity index (χ0n) is 16.7.